The maximum absolute atomic E-state index is 11.5. The first-order valence-electron chi connectivity index (χ1n) is 5.75. The van der Waals surface area contributed by atoms with E-state index in [4.69, 9.17) is 4.74 Å². The molecule has 3 nitrogen and oxygen atoms in total. The van der Waals surface area contributed by atoms with Crippen LogP contribution >= 0.6 is 0 Å². The average molecular weight is 219 g/mol. The van der Waals surface area contributed by atoms with E-state index in [1.165, 1.54) is 0 Å². The van der Waals surface area contributed by atoms with Crippen LogP contribution in [0.1, 0.15) is 12.0 Å². The second-order valence-electron chi connectivity index (χ2n) is 4.20. The van der Waals surface area contributed by atoms with Crippen LogP contribution in [0.3, 0.4) is 0 Å². The molecule has 1 fully saturated rings. The van der Waals surface area contributed by atoms with Crippen molar-refractivity contribution in [2.75, 3.05) is 19.7 Å². The van der Waals surface area contributed by atoms with Crippen LogP contribution in [-0.4, -0.2) is 25.7 Å². The summed E-state index contributed by atoms with van der Waals surface area (Å²) in [4.78, 5) is 11.5. The summed E-state index contributed by atoms with van der Waals surface area (Å²) in [6.07, 6.45) is 1.49. The third-order valence-corrected chi connectivity index (χ3v) is 2.83. The minimum Gasteiger partial charge on any atom is -0.465 e. The predicted octanol–water partition coefficient (Wildman–Crippen LogP) is 1.38. The molecular formula is C13H17NO2. The van der Waals surface area contributed by atoms with E-state index in [1.807, 2.05) is 30.3 Å². The van der Waals surface area contributed by atoms with E-state index in [1.54, 1.807) is 0 Å². The lowest BCUT2D eigenvalue weighted by atomic mass is 10.1. The molecule has 1 aliphatic rings. The van der Waals surface area contributed by atoms with E-state index < -0.39 is 0 Å². The first-order chi connectivity index (χ1) is 7.84. The number of rotatable bonds is 4. The van der Waals surface area contributed by atoms with E-state index in [9.17, 15) is 4.79 Å². The molecule has 0 radical (unpaired) electrons. The van der Waals surface area contributed by atoms with E-state index in [2.05, 4.69) is 5.32 Å². The van der Waals surface area contributed by atoms with Crippen LogP contribution in [0.2, 0.25) is 0 Å². The number of esters is 1. The molecule has 1 aliphatic heterocycles. The van der Waals surface area contributed by atoms with Gasteiger partial charge >= 0.3 is 5.97 Å². The van der Waals surface area contributed by atoms with Crippen LogP contribution in [0.25, 0.3) is 0 Å². The zero-order valence-corrected chi connectivity index (χ0v) is 9.32. The van der Waals surface area contributed by atoms with Crippen LogP contribution < -0.4 is 5.32 Å². The Hall–Kier alpha value is -1.35. The molecule has 1 saturated heterocycles. The van der Waals surface area contributed by atoms with Gasteiger partial charge in [0.05, 0.1) is 13.0 Å². The smallest absolute Gasteiger partial charge is 0.310 e. The molecule has 0 saturated carbocycles. The van der Waals surface area contributed by atoms with E-state index in [-0.39, 0.29) is 5.97 Å². The number of benzene rings is 1. The highest BCUT2D eigenvalue weighted by Crippen LogP contribution is 2.08. The molecule has 0 aliphatic carbocycles. The number of hydrogen-bond donors (Lipinski definition) is 1. The quantitative estimate of drug-likeness (QED) is 0.777. The van der Waals surface area contributed by atoms with Gasteiger partial charge in [0.15, 0.2) is 0 Å². The van der Waals surface area contributed by atoms with Crippen molar-refractivity contribution in [3.8, 4) is 0 Å². The van der Waals surface area contributed by atoms with Gasteiger partial charge in [-0.3, -0.25) is 4.79 Å². The van der Waals surface area contributed by atoms with Crippen molar-refractivity contribution in [2.24, 2.45) is 5.92 Å². The van der Waals surface area contributed by atoms with E-state index >= 15 is 0 Å². The molecule has 0 aromatic heterocycles. The molecule has 1 aromatic rings. The third kappa shape index (κ3) is 3.35. The van der Waals surface area contributed by atoms with Crippen molar-refractivity contribution >= 4 is 5.97 Å². The SMILES string of the molecule is O=C(Cc1ccccc1)OC[C@H]1CCNC1. The molecule has 0 unspecified atom stereocenters. The summed E-state index contributed by atoms with van der Waals surface area (Å²) in [7, 11) is 0. The van der Waals surface area contributed by atoms with Gasteiger partial charge in [-0.15, -0.1) is 0 Å². The minimum absolute atomic E-state index is 0.127. The topological polar surface area (TPSA) is 38.3 Å². The fourth-order valence-corrected chi connectivity index (χ4v) is 1.88. The second-order valence-corrected chi connectivity index (χ2v) is 4.20. The summed E-state index contributed by atoms with van der Waals surface area (Å²) < 4.78 is 5.25. The Balaban J connectivity index is 1.72. The van der Waals surface area contributed by atoms with E-state index in [0.29, 0.717) is 18.9 Å². The van der Waals surface area contributed by atoms with Crippen LogP contribution in [0, 0.1) is 5.92 Å². The fraction of sp³-hybridized carbons (Fsp3) is 0.462. The number of carbonyl (C=O) groups is 1. The van der Waals surface area contributed by atoms with Gasteiger partial charge in [-0.2, -0.15) is 0 Å². The molecule has 0 bridgehead atoms. The van der Waals surface area contributed by atoms with Gasteiger partial charge in [0.1, 0.15) is 0 Å². The summed E-state index contributed by atoms with van der Waals surface area (Å²) in [5.74, 6) is 0.373. The standard InChI is InChI=1S/C13H17NO2/c15-13(8-11-4-2-1-3-5-11)16-10-12-6-7-14-9-12/h1-5,12,14H,6-10H2/t12-/m0/s1. The molecule has 1 aromatic carbocycles. The highest BCUT2D eigenvalue weighted by Gasteiger charge is 2.16. The van der Waals surface area contributed by atoms with Crippen LogP contribution in [0.15, 0.2) is 30.3 Å². The molecule has 16 heavy (non-hydrogen) atoms. The Kier molecular flexibility index (Phi) is 3.94. The fourth-order valence-electron chi connectivity index (χ4n) is 1.88. The number of nitrogens with one attached hydrogen (secondary N) is 1. The molecule has 1 N–H and O–H groups in total. The van der Waals surface area contributed by atoms with Crippen molar-refractivity contribution in [2.45, 2.75) is 12.8 Å². The monoisotopic (exact) mass is 219 g/mol. The maximum Gasteiger partial charge on any atom is 0.310 e. The number of carbonyl (C=O) groups excluding carboxylic acids is 1. The Morgan fingerprint density at radius 2 is 2.19 bits per heavy atom. The summed E-state index contributed by atoms with van der Waals surface area (Å²) in [6, 6.07) is 9.70. The Bertz CT molecular complexity index is 331. The van der Waals surface area contributed by atoms with Crippen molar-refractivity contribution in [1.29, 1.82) is 0 Å². The number of ether oxygens (including phenoxy) is 1. The lowest BCUT2D eigenvalue weighted by molar-refractivity contribution is -0.144. The number of hydrogen-bond acceptors (Lipinski definition) is 3. The van der Waals surface area contributed by atoms with Crippen molar-refractivity contribution in [3.63, 3.8) is 0 Å². The van der Waals surface area contributed by atoms with Gasteiger partial charge in [0.25, 0.3) is 0 Å². The van der Waals surface area contributed by atoms with Gasteiger partial charge in [-0.25, -0.2) is 0 Å². The zero-order valence-electron chi connectivity index (χ0n) is 9.32. The van der Waals surface area contributed by atoms with Crippen molar-refractivity contribution in [1.82, 2.24) is 5.32 Å². The van der Waals surface area contributed by atoms with Gasteiger partial charge in [0.2, 0.25) is 0 Å². The summed E-state index contributed by atoms with van der Waals surface area (Å²) in [6.45, 7) is 2.57. The minimum atomic E-state index is -0.127. The van der Waals surface area contributed by atoms with E-state index in [0.717, 1.165) is 25.1 Å². The third-order valence-electron chi connectivity index (χ3n) is 2.83. The van der Waals surface area contributed by atoms with Crippen molar-refractivity contribution in [3.05, 3.63) is 35.9 Å². The zero-order chi connectivity index (χ0) is 11.2. The molecule has 86 valence electrons. The molecule has 1 heterocycles. The lowest BCUT2D eigenvalue weighted by Gasteiger charge is -2.09. The Morgan fingerprint density at radius 1 is 1.38 bits per heavy atom. The van der Waals surface area contributed by atoms with Gasteiger partial charge in [-0.05, 0) is 18.5 Å². The van der Waals surface area contributed by atoms with Crippen LogP contribution in [0.4, 0.5) is 0 Å². The van der Waals surface area contributed by atoms with Crippen LogP contribution in [-0.2, 0) is 16.0 Å². The highest BCUT2D eigenvalue weighted by atomic mass is 16.5. The Morgan fingerprint density at radius 3 is 2.88 bits per heavy atom. The van der Waals surface area contributed by atoms with Crippen molar-refractivity contribution < 1.29 is 9.53 Å². The first-order valence-corrected chi connectivity index (χ1v) is 5.75. The largest absolute Gasteiger partial charge is 0.465 e. The average Bonchev–Trinajstić information content (AvgIpc) is 2.81. The highest BCUT2D eigenvalue weighted by molar-refractivity contribution is 5.72. The molecule has 3 heteroatoms. The lowest BCUT2D eigenvalue weighted by Crippen LogP contribution is -2.17. The molecule has 0 amide bonds. The first kappa shape index (κ1) is 11.1. The molecule has 2 rings (SSSR count). The molecular weight excluding hydrogens is 202 g/mol. The predicted molar refractivity (Wildman–Crippen MR) is 62.1 cm³/mol. The maximum atomic E-state index is 11.5. The van der Waals surface area contributed by atoms with Crippen LogP contribution in [0.5, 0.6) is 0 Å². The molecule has 1 atom stereocenters. The van der Waals surface area contributed by atoms with Gasteiger partial charge in [-0.1, -0.05) is 30.3 Å². The summed E-state index contributed by atoms with van der Waals surface area (Å²) in [5.41, 5.74) is 1.01. The van der Waals surface area contributed by atoms with Gasteiger partial charge < -0.3 is 10.1 Å². The summed E-state index contributed by atoms with van der Waals surface area (Å²) >= 11 is 0. The second kappa shape index (κ2) is 5.66. The normalized spacial score (nSPS) is 19.6. The Labute approximate surface area is 95.8 Å². The van der Waals surface area contributed by atoms with Gasteiger partial charge in [0, 0.05) is 12.5 Å². The summed E-state index contributed by atoms with van der Waals surface area (Å²) in [5, 5.41) is 3.25. The molecule has 0 spiro atoms.